The highest BCUT2D eigenvalue weighted by molar-refractivity contribution is 6.30. The molecule has 0 aromatic heterocycles. The molecule has 0 aliphatic heterocycles. The first kappa shape index (κ1) is 18.0. The lowest BCUT2D eigenvalue weighted by Gasteiger charge is -2.22. The molecular formula is C18H19ClN2O3. The Labute approximate surface area is 145 Å². The molecule has 5 nitrogen and oxygen atoms in total. The predicted molar refractivity (Wildman–Crippen MR) is 92.7 cm³/mol. The Hall–Kier alpha value is -2.37. The van der Waals surface area contributed by atoms with Crippen molar-refractivity contribution in [3.63, 3.8) is 0 Å². The van der Waals surface area contributed by atoms with E-state index in [0.717, 1.165) is 5.56 Å². The highest BCUT2D eigenvalue weighted by Crippen LogP contribution is 2.10. The molecule has 0 radical (unpaired) electrons. The molecule has 0 aliphatic rings. The van der Waals surface area contributed by atoms with Crippen LogP contribution in [0.3, 0.4) is 0 Å². The van der Waals surface area contributed by atoms with Gasteiger partial charge in [-0.05, 0) is 23.8 Å². The largest absolute Gasteiger partial charge is 0.395 e. The van der Waals surface area contributed by atoms with Gasteiger partial charge in [0.2, 0.25) is 5.91 Å². The molecule has 2 aromatic carbocycles. The molecule has 0 spiro atoms. The molecule has 0 saturated heterocycles. The highest BCUT2D eigenvalue weighted by atomic mass is 35.5. The smallest absolute Gasteiger partial charge is 0.251 e. The summed E-state index contributed by atoms with van der Waals surface area (Å²) in [7, 11) is 0. The Morgan fingerprint density at radius 3 is 2.50 bits per heavy atom. The number of carbonyl (C=O) groups is 2. The van der Waals surface area contributed by atoms with Crippen molar-refractivity contribution in [1.82, 2.24) is 10.2 Å². The lowest BCUT2D eigenvalue weighted by molar-refractivity contribution is -0.131. The van der Waals surface area contributed by atoms with Gasteiger partial charge in [-0.3, -0.25) is 9.59 Å². The molecule has 2 N–H and O–H groups in total. The number of nitrogens with one attached hydrogen (secondary N) is 1. The van der Waals surface area contributed by atoms with Gasteiger partial charge in [-0.15, -0.1) is 0 Å². The maximum atomic E-state index is 12.3. The lowest BCUT2D eigenvalue weighted by Crippen LogP contribution is -2.41. The lowest BCUT2D eigenvalue weighted by atomic mass is 10.2. The van der Waals surface area contributed by atoms with Crippen molar-refractivity contribution in [1.29, 1.82) is 0 Å². The minimum atomic E-state index is -0.366. The van der Waals surface area contributed by atoms with Gasteiger partial charge >= 0.3 is 0 Å². The van der Waals surface area contributed by atoms with Gasteiger partial charge in [0.05, 0.1) is 13.2 Å². The van der Waals surface area contributed by atoms with Gasteiger partial charge in [0.25, 0.3) is 5.91 Å². The zero-order valence-corrected chi connectivity index (χ0v) is 13.9. The molecule has 2 rings (SSSR count). The second-order valence-electron chi connectivity index (χ2n) is 5.22. The topological polar surface area (TPSA) is 69.6 Å². The molecule has 0 heterocycles. The number of halogens is 1. The highest BCUT2D eigenvalue weighted by Gasteiger charge is 2.15. The first-order valence-electron chi connectivity index (χ1n) is 7.56. The molecule has 0 aliphatic carbocycles. The second-order valence-corrected chi connectivity index (χ2v) is 5.65. The SMILES string of the molecule is O=C(NCC(=O)N(CCO)Cc1ccccc1)c1cccc(Cl)c1. The summed E-state index contributed by atoms with van der Waals surface area (Å²) in [6.45, 7) is 0.313. The van der Waals surface area contributed by atoms with Gasteiger partial charge in [-0.2, -0.15) is 0 Å². The van der Waals surface area contributed by atoms with Crippen LogP contribution in [-0.2, 0) is 11.3 Å². The summed E-state index contributed by atoms with van der Waals surface area (Å²) >= 11 is 5.85. The number of carbonyl (C=O) groups excluding carboxylic acids is 2. The van der Waals surface area contributed by atoms with Crippen LogP contribution in [0, 0.1) is 0 Å². The minimum absolute atomic E-state index is 0.138. The first-order chi connectivity index (χ1) is 11.6. The number of aliphatic hydroxyl groups excluding tert-OH is 1. The van der Waals surface area contributed by atoms with E-state index < -0.39 is 0 Å². The molecule has 6 heteroatoms. The Balaban J connectivity index is 1.94. The number of nitrogens with zero attached hydrogens (tertiary/aromatic N) is 1. The number of hydrogen-bond acceptors (Lipinski definition) is 3. The van der Waals surface area contributed by atoms with Crippen LogP contribution in [0.2, 0.25) is 5.02 Å². The van der Waals surface area contributed by atoms with Crippen molar-refractivity contribution >= 4 is 23.4 Å². The third kappa shape index (κ3) is 5.37. The van der Waals surface area contributed by atoms with Crippen molar-refractivity contribution in [2.75, 3.05) is 19.7 Å². The molecule has 2 aromatic rings. The summed E-state index contributed by atoms with van der Waals surface area (Å²) in [4.78, 5) is 25.9. The zero-order valence-electron chi connectivity index (χ0n) is 13.1. The van der Waals surface area contributed by atoms with E-state index in [9.17, 15) is 9.59 Å². The van der Waals surface area contributed by atoms with Gasteiger partial charge in [-0.1, -0.05) is 48.0 Å². The third-order valence-corrected chi connectivity index (χ3v) is 3.66. The van der Waals surface area contributed by atoms with Crippen LogP contribution in [0.25, 0.3) is 0 Å². The molecule has 0 unspecified atom stereocenters. The van der Waals surface area contributed by atoms with Crippen molar-refractivity contribution in [3.05, 3.63) is 70.7 Å². The van der Waals surface area contributed by atoms with Gasteiger partial charge < -0.3 is 15.3 Å². The normalized spacial score (nSPS) is 10.2. The molecule has 0 atom stereocenters. The van der Waals surface area contributed by atoms with Gasteiger partial charge in [0.1, 0.15) is 0 Å². The summed E-state index contributed by atoms with van der Waals surface area (Å²) in [6.07, 6.45) is 0. The molecule has 126 valence electrons. The Morgan fingerprint density at radius 2 is 1.83 bits per heavy atom. The summed E-state index contributed by atoms with van der Waals surface area (Å²) < 4.78 is 0. The summed E-state index contributed by atoms with van der Waals surface area (Å²) in [5.74, 6) is -0.627. The third-order valence-electron chi connectivity index (χ3n) is 3.43. The average Bonchev–Trinajstić information content (AvgIpc) is 2.60. The predicted octanol–water partition coefficient (Wildman–Crippen LogP) is 2.09. The van der Waals surface area contributed by atoms with E-state index >= 15 is 0 Å². The summed E-state index contributed by atoms with van der Waals surface area (Å²) in [5.41, 5.74) is 1.35. The van der Waals surface area contributed by atoms with Crippen LogP contribution in [0.1, 0.15) is 15.9 Å². The fraction of sp³-hybridized carbons (Fsp3) is 0.222. The molecule has 2 amide bonds. The van der Waals surface area contributed by atoms with E-state index in [0.29, 0.717) is 17.1 Å². The van der Waals surface area contributed by atoms with Crippen LogP contribution in [0.5, 0.6) is 0 Å². The van der Waals surface area contributed by atoms with E-state index in [-0.39, 0.29) is 31.5 Å². The van der Waals surface area contributed by atoms with Gasteiger partial charge in [-0.25, -0.2) is 0 Å². The molecule has 24 heavy (non-hydrogen) atoms. The maximum absolute atomic E-state index is 12.3. The van der Waals surface area contributed by atoms with Crippen molar-refractivity contribution in [3.8, 4) is 0 Å². The minimum Gasteiger partial charge on any atom is -0.395 e. The van der Waals surface area contributed by atoms with Crippen molar-refractivity contribution in [2.45, 2.75) is 6.54 Å². The first-order valence-corrected chi connectivity index (χ1v) is 7.94. The van der Waals surface area contributed by atoms with Crippen LogP contribution in [-0.4, -0.2) is 41.5 Å². The van der Waals surface area contributed by atoms with Crippen LogP contribution < -0.4 is 5.32 Å². The Morgan fingerprint density at radius 1 is 1.08 bits per heavy atom. The number of amides is 2. The molecular weight excluding hydrogens is 328 g/mol. The standard InChI is InChI=1S/C18H19ClN2O3/c19-16-8-4-7-15(11-16)18(24)20-12-17(23)21(9-10-22)13-14-5-2-1-3-6-14/h1-8,11,22H,9-10,12-13H2,(H,20,24). The van der Waals surface area contributed by atoms with E-state index in [1.165, 1.54) is 11.0 Å². The van der Waals surface area contributed by atoms with Crippen LogP contribution >= 0.6 is 11.6 Å². The number of benzene rings is 2. The van der Waals surface area contributed by atoms with Gasteiger partial charge in [0, 0.05) is 23.7 Å². The number of hydrogen-bond donors (Lipinski definition) is 2. The van der Waals surface area contributed by atoms with E-state index in [1.807, 2.05) is 30.3 Å². The quantitative estimate of drug-likeness (QED) is 0.806. The van der Waals surface area contributed by atoms with E-state index in [1.54, 1.807) is 18.2 Å². The molecule has 0 bridgehead atoms. The average molecular weight is 347 g/mol. The van der Waals surface area contributed by atoms with Crippen LogP contribution in [0.15, 0.2) is 54.6 Å². The fourth-order valence-corrected chi connectivity index (χ4v) is 2.41. The fourth-order valence-electron chi connectivity index (χ4n) is 2.22. The Kier molecular flexibility index (Phi) is 6.78. The monoisotopic (exact) mass is 346 g/mol. The summed E-state index contributed by atoms with van der Waals surface area (Å²) in [5, 5.41) is 12.2. The molecule has 0 fully saturated rings. The van der Waals surface area contributed by atoms with E-state index in [2.05, 4.69) is 5.32 Å². The van der Waals surface area contributed by atoms with Gasteiger partial charge in [0.15, 0.2) is 0 Å². The maximum Gasteiger partial charge on any atom is 0.251 e. The van der Waals surface area contributed by atoms with Crippen molar-refractivity contribution in [2.24, 2.45) is 0 Å². The van der Waals surface area contributed by atoms with Crippen molar-refractivity contribution < 1.29 is 14.7 Å². The summed E-state index contributed by atoms with van der Waals surface area (Å²) in [6, 6.07) is 16.0. The number of aliphatic hydroxyl groups is 1. The zero-order chi connectivity index (χ0) is 17.4. The number of rotatable bonds is 7. The van der Waals surface area contributed by atoms with Crippen LogP contribution in [0.4, 0.5) is 0 Å². The molecule has 0 saturated carbocycles. The van der Waals surface area contributed by atoms with E-state index in [4.69, 9.17) is 16.7 Å². The Bertz CT molecular complexity index is 692. The second kappa shape index (κ2) is 9.05.